The second-order valence-corrected chi connectivity index (χ2v) is 7.90. The van der Waals surface area contributed by atoms with Crippen molar-refractivity contribution in [1.29, 1.82) is 0 Å². The summed E-state index contributed by atoms with van der Waals surface area (Å²) >= 11 is 1.38. The quantitative estimate of drug-likeness (QED) is 0.855. The smallest absolute Gasteiger partial charge is 0.232 e. The summed E-state index contributed by atoms with van der Waals surface area (Å²) in [7, 11) is 0. The van der Waals surface area contributed by atoms with Crippen molar-refractivity contribution in [3.05, 3.63) is 22.8 Å². The van der Waals surface area contributed by atoms with Crippen LogP contribution in [0, 0.1) is 5.41 Å². The first-order valence-electron chi connectivity index (χ1n) is 7.64. The summed E-state index contributed by atoms with van der Waals surface area (Å²) in [4.78, 5) is 20.7. The Labute approximate surface area is 150 Å². The molecular formula is C15H22ClN5O2S. The lowest BCUT2D eigenvalue weighted by atomic mass is 9.77. The lowest BCUT2D eigenvalue weighted by Gasteiger charge is -2.34. The van der Waals surface area contributed by atoms with Crippen molar-refractivity contribution >= 4 is 34.8 Å². The van der Waals surface area contributed by atoms with Crippen LogP contribution in [0.4, 0.5) is 5.13 Å². The first kappa shape index (κ1) is 18.8. The molecule has 1 amide bonds. The lowest BCUT2D eigenvalue weighted by molar-refractivity contribution is -0.123. The highest BCUT2D eigenvalue weighted by Gasteiger charge is 2.39. The number of rotatable bonds is 4. The van der Waals surface area contributed by atoms with Crippen molar-refractivity contribution in [3.8, 4) is 0 Å². The number of aromatic nitrogens is 3. The van der Waals surface area contributed by atoms with Crippen molar-refractivity contribution < 1.29 is 9.32 Å². The number of hydrogen-bond acceptors (Lipinski definition) is 7. The largest absolute Gasteiger partial charge is 0.339 e. The molecule has 2 aromatic heterocycles. The molecule has 1 saturated carbocycles. The summed E-state index contributed by atoms with van der Waals surface area (Å²) < 4.78 is 5.27. The fraction of sp³-hybridized carbons (Fsp3) is 0.600. The SMILES string of the molecule is CC(C)(C)C(=O)Nc1nc(Cc2nc(C3(N)CCC3)no2)cs1.Cl. The molecule has 9 heteroatoms. The molecule has 0 aromatic carbocycles. The fourth-order valence-electron chi connectivity index (χ4n) is 2.20. The third kappa shape index (κ3) is 3.93. The third-order valence-corrected chi connectivity index (χ3v) is 4.75. The Balaban J connectivity index is 0.00000208. The molecule has 2 heterocycles. The van der Waals surface area contributed by atoms with Gasteiger partial charge in [0.15, 0.2) is 11.0 Å². The van der Waals surface area contributed by atoms with Crippen molar-refractivity contribution in [3.63, 3.8) is 0 Å². The molecule has 3 N–H and O–H groups in total. The minimum Gasteiger partial charge on any atom is -0.339 e. The normalized spacial score (nSPS) is 16.2. The standard InChI is InChI=1S/C15H21N5O2S.ClH/c1-14(2,3)12(21)19-13-17-9(8-23-13)7-10-18-11(20-22-10)15(16)5-4-6-15;/h8H,4-7,16H2,1-3H3,(H,17,19,21);1H. The predicted molar refractivity (Wildman–Crippen MR) is 94.3 cm³/mol. The molecule has 0 spiro atoms. The van der Waals surface area contributed by atoms with E-state index in [1.165, 1.54) is 11.3 Å². The van der Waals surface area contributed by atoms with E-state index in [4.69, 9.17) is 10.3 Å². The summed E-state index contributed by atoms with van der Waals surface area (Å²) in [5.41, 5.74) is 6.10. The van der Waals surface area contributed by atoms with Crippen LogP contribution in [0.3, 0.4) is 0 Å². The Morgan fingerprint density at radius 3 is 2.71 bits per heavy atom. The van der Waals surface area contributed by atoms with Crippen molar-refractivity contribution in [2.75, 3.05) is 5.32 Å². The summed E-state index contributed by atoms with van der Waals surface area (Å²) in [6, 6.07) is 0. The van der Waals surface area contributed by atoms with Gasteiger partial charge in [-0.2, -0.15) is 4.98 Å². The zero-order valence-electron chi connectivity index (χ0n) is 14.0. The van der Waals surface area contributed by atoms with Crippen LogP contribution in [-0.2, 0) is 16.8 Å². The van der Waals surface area contributed by atoms with E-state index in [0.717, 1.165) is 25.0 Å². The second-order valence-electron chi connectivity index (χ2n) is 7.05. The Morgan fingerprint density at radius 1 is 1.42 bits per heavy atom. The van der Waals surface area contributed by atoms with E-state index in [-0.39, 0.29) is 18.3 Å². The Kier molecular flexibility index (Phi) is 5.31. The number of amides is 1. The second kappa shape index (κ2) is 6.78. The number of carbonyl (C=O) groups excluding carboxylic acids is 1. The number of thiazole rings is 1. The molecule has 0 saturated heterocycles. The zero-order chi connectivity index (χ0) is 16.7. The van der Waals surface area contributed by atoms with Gasteiger partial charge >= 0.3 is 0 Å². The molecule has 0 atom stereocenters. The molecule has 1 aliphatic rings. The van der Waals surface area contributed by atoms with Gasteiger partial charge in [-0.05, 0) is 19.3 Å². The molecule has 0 bridgehead atoms. The Hall–Kier alpha value is -1.51. The van der Waals surface area contributed by atoms with Gasteiger partial charge in [0.05, 0.1) is 17.7 Å². The molecule has 1 fully saturated rings. The van der Waals surface area contributed by atoms with E-state index < -0.39 is 11.0 Å². The van der Waals surface area contributed by atoms with Crippen molar-refractivity contribution in [1.82, 2.24) is 15.1 Å². The third-order valence-electron chi connectivity index (χ3n) is 3.94. The van der Waals surface area contributed by atoms with E-state index in [9.17, 15) is 4.79 Å². The van der Waals surface area contributed by atoms with Crippen LogP contribution in [0.2, 0.25) is 0 Å². The van der Waals surface area contributed by atoms with Gasteiger partial charge in [0.2, 0.25) is 11.8 Å². The average Bonchev–Trinajstić information content (AvgIpc) is 3.05. The molecule has 3 rings (SSSR count). The molecule has 0 radical (unpaired) electrons. The van der Waals surface area contributed by atoms with Gasteiger partial charge in [-0.25, -0.2) is 4.98 Å². The highest BCUT2D eigenvalue weighted by molar-refractivity contribution is 7.13. The highest BCUT2D eigenvalue weighted by Crippen LogP contribution is 2.37. The molecular weight excluding hydrogens is 350 g/mol. The number of carbonyl (C=O) groups is 1. The number of anilines is 1. The highest BCUT2D eigenvalue weighted by atomic mass is 35.5. The molecule has 132 valence electrons. The van der Waals surface area contributed by atoms with Gasteiger partial charge in [-0.1, -0.05) is 25.9 Å². The van der Waals surface area contributed by atoms with Crippen LogP contribution in [0.1, 0.15) is 57.4 Å². The lowest BCUT2D eigenvalue weighted by Crippen LogP contribution is -2.44. The molecule has 24 heavy (non-hydrogen) atoms. The van der Waals surface area contributed by atoms with Gasteiger partial charge in [0.1, 0.15) is 0 Å². The minimum absolute atomic E-state index is 0. The first-order chi connectivity index (χ1) is 10.8. The van der Waals surface area contributed by atoms with E-state index in [0.29, 0.717) is 23.3 Å². The molecule has 2 aromatic rings. The van der Waals surface area contributed by atoms with Gasteiger partial charge < -0.3 is 15.6 Å². The van der Waals surface area contributed by atoms with Crippen molar-refractivity contribution in [2.24, 2.45) is 11.1 Å². The molecule has 7 nitrogen and oxygen atoms in total. The number of nitrogens with zero attached hydrogens (tertiary/aromatic N) is 3. The van der Waals surface area contributed by atoms with Gasteiger partial charge in [0, 0.05) is 10.8 Å². The number of halogens is 1. The number of nitrogens with two attached hydrogens (primary N) is 1. The average molecular weight is 372 g/mol. The maximum atomic E-state index is 12.0. The van der Waals surface area contributed by atoms with Gasteiger partial charge in [-0.15, -0.1) is 23.7 Å². The van der Waals surface area contributed by atoms with Crippen LogP contribution in [0.5, 0.6) is 0 Å². The van der Waals surface area contributed by atoms with Crippen molar-refractivity contribution in [2.45, 2.75) is 52.0 Å². The monoisotopic (exact) mass is 371 g/mol. The van der Waals surface area contributed by atoms with E-state index in [1.807, 2.05) is 26.2 Å². The molecule has 0 unspecified atom stereocenters. The summed E-state index contributed by atoms with van der Waals surface area (Å²) in [5.74, 6) is 1.01. The molecule has 1 aliphatic carbocycles. The number of hydrogen-bond donors (Lipinski definition) is 2. The summed E-state index contributed by atoms with van der Waals surface area (Å²) in [5, 5.41) is 9.26. The van der Waals surface area contributed by atoms with Crippen LogP contribution in [-0.4, -0.2) is 21.0 Å². The van der Waals surface area contributed by atoms with Gasteiger partial charge in [-0.3, -0.25) is 4.79 Å². The van der Waals surface area contributed by atoms with Crippen LogP contribution < -0.4 is 11.1 Å². The van der Waals surface area contributed by atoms with E-state index >= 15 is 0 Å². The summed E-state index contributed by atoms with van der Waals surface area (Å²) in [6.07, 6.45) is 3.32. The minimum atomic E-state index is -0.453. The van der Waals surface area contributed by atoms with Crippen LogP contribution in [0.15, 0.2) is 9.90 Å². The van der Waals surface area contributed by atoms with Gasteiger partial charge in [0.25, 0.3) is 0 Å². The first-order valence-corrected chi connectivity index (χ1v) is 8.52. The van der Waals surface area contributed by atoms with Crippen LogP contribution >= 0.6 is 23.7 Å². The fourth-order valence-corrected chi connectivity index (χ4v) is 2.90. The van der Waals surface area contributed by atoms with E-state index in [1.54, 1.807) is 0 Å². The Morgan fingerprint density at radius 2 is 2.12 bits per heavy atom. The zero-order valence-corrected chi connectivity index (χ0v) is 15.6. The predicted octanol–water partition coefficient (Wildman–Crippen LogP) is 2.86. The topological polar surface area (TPSA) is 107 Å². The molecule has 0 aliphatic heterocycles. The van der Waals surface area contributed by atoms with E-state index in [2.05, 4.69) is 20.4 Å². The maximum absolute atomic E-state index is 12.0. The Bertz CT molecular complexity index is 718. The number of nitrogens with one attached hydrogen (secondary N) is 1. The van der Waals surface area contributed by atoms with Crippen LogP contribution in [0.25, 0.3) is 0 Å². The summed E-state index contributed by atoms with van der Waals surface area (Å²) in [6.45, 7) is 5.58. The maximum Gasteiger partial charge on any atom is 0.232 e.